The zero-order valence-corrected chi connectivity index (χ0v) is 14.2. The minimum atomic E-state index is -0.735. The van der Waals surface area contributed by atoms with E-state index in [1.54, 1.807) is 0 Å². The van der Waals surface area contributed by atoms with Crippen molar-refractivity contribution in [2.45, 2.75) is 13.1 Å². The van der Waals surface area contributed by atoms with Crippen LogP contribution in [0, 0.1) is 10.1 Å². The molecule has 0 aliphatic heterocycles. The lowest BCUT2D eigenvalue weighted by Gasteiger charge is -2.12. The summed E-state index contributed by atoms with van der Waals surface area (Å²) in [5.41, 5.74) is 1.80. The van der Waals surface area contributed by atoms with Gasteiger partial charge in [0.1, 0.15) is 6.54 Å². The molecule has 0 saturated carbocycles. The van der Waals surface area contributed by atoms with Crippen LogP contribution >= 0.6 is 11.6 Å². The molecule has 0 saturated heterocycles. The number of hydrogen-bond donors (Lipinski definition) is 1. The molecule has 0 unspecified atom stereocenters. The summed E-state index contributed by atoms with van der Waals surface area (Å²) in [6.45, 7) is 1.25. The van der Waals surface area contributed by atoms with Gasteiger partial charge in [0.15, 0.2) is 0 Å². The normalized spacial score (nSPS) is 11.3. The number of halogens is 1. The minimum absolute atomic E-state index is 0.116. The number of nitrogens with one attached hydrogen (secondary N) is 1. The quantitative estimate of drug-likeness (QED) is 0.489. The lowest BCUT2D eigenvalue weighted by Crippen LogP contribution is -3.04. The molecule has 1 N–H and O–H groups in total. The first-order chi connectivity index (χ1) is 11.4. The van der Waals surface area contributed by atoms with Gasteiger partial charge in [-0.3, -0.25) is 15.1 Å². The van der Waals surface area contributed by atoms with Crippen molar-refractivity contribution < 1.29 is 14.9 Å². The van der Waals surface area contributed by atoms with Crippen LogP contribution in [0.25, 0.3) is 0 Å². The Morgan fingerprint density at radius 3 is 2.54 bits per heavy atom. The fourth-order valence-corrected chi connectivity index (χ4v) is 2.56. The van der Waals surface area contributed by atoms with Gasteiger partial charge in [0.25, 0.3) is 5.69 Å². The summed E-state index contributed by atoms with van der Waals surface area (Å²) in [4.78, 5) is 15.7. The summed E-state index contributed by atoms with van der Waals surface area (Å²) in [6, 6.07) is 10.4. The van der Waals surface area contributed by atoms with Crippen LogP contribution in [0.15, 0.2) is 41.4 Å². The number of quaternary nitrogens is 1. The molecule has 7 heteroatoms. The second kappa shape index (κ2) is 7.90. The van der Waals surface area contributed by atoms with E-state index in [2.05, 4.69) is 19.1 Å². The van der Waals surface area contributed by atoms with Crippen molar-refractivity contribution in [2.24, 2.45) is 4.99 Å². The van der Waals surface area contributed by atoms with Crippen LogP contribution in [-0.4, -0.2) is 25.2 Å². The first-order valence-electron chi connectivity index (χ1n) is 7.39. The lowest BCUT2D eigenvalue weighted by molar-refractivity contribution is -0.872. The molecule has 24 heavy (non-hydrogen) atoms. The summed E-state index contributed by atoms with van der Waals surface area (Å²) in [5.74, 6) is -0.681. The van der Waals surface area contributed by atoms with E-state index < -0.39 is 16.4 Å². The number of nitro benzene ring substituents is 1. The van der Waals surface area contributed by atoms with Gasteiger partial charge in [-0.1, -0.05) is 35.9 Å². The van der Waals surface area contributed by atoms with E-state index in [9.17, 15) is 15.2 Å². The SMILES string of the molecule is C[NH+](C)Cc1ccccc1CN=Cc1cc(Cl)cc([N+](=O)[O-])c1[O-]. The van der Waals surface area contributed by atoms with Gasteiger partial charge in [-0.15, -0.1) is 0 Å². The van der Waals surface area contributed by atoms with Gasteiger partial charge in [-0.2, -0.15) is 0 Å². The molecule has 0 aliphatic rings. The number of benzene rings is 2. The smallest absolute Gasteiger partial charge is 0.263 e. The highest BCUT2D eigenvalue weighted by molar-refractivity contribution is 6.31. The van der Waals surface area contributed by atoms with Gasteiger partial charge < -0.3 is 10.0 Å². The van der Waals surface area contributed by atoms with E-state index in [-0.39, 0.29) is 10.6 Å². The maximum absolute atomic E-state index is 12.0. The molecular weight excluding hydrogens is 330 g/mol. The van der Waals surface area contributed by atoms with Crippen LogP contribution in [0.2, 0.25) is 5.02 Å². The minimum Gasteiger partial charge on any atom is -0.867 e. The van der Waals surface area contributed by atoms with Gasteiger partial charge in [0.05, 0.1) is 25.6 Å². The third-order valence-electron chi connectivity index (χ3n) is 3.41. The predicted octanol–water partition coefficient (Wildman–Crippen LogP) is 1.59. The van der Waals surface area contributed by atoms with Gasteiger partial charge in [0, 0.05) is 22.9 Å². The Morgan fingerprint density at radius 1 is 1.25 bits per heavy atom. The van der Waals surface area contributed by atoms with Crippen LogP contribution in [0.4, 0.5) is 5.69 Å². The average Bonchev–Trinajstić information content (AvgIpc) is 2.51. The number of rotatable bonds is 6. The number of nitrogens with zero attached hydrogens (tertiary/aromatic N) is 2. The van der Waals surface area contributed by atoms with Gasteiger partial charge in [-0.05, 0) is 22.9 Å². The molecular formula is C17H18ClN3O3. The Kier molecular flexibility index (Phi) is 5.89. The second-order valence-electron chi connectivity index (χ2n) is 5.72. The molecule has 126 valence electrons. The Morgan fingerprint density at radius 2 is 1.92 bits per heavy atom. The highest BCUT2D eigenvalue weighted by Crippen LogP contribution is 2.30. The highest BCUT2D eigenvalue weighted by atomic mass is 35.5. The maximum atomic E-state index is 12.0. The molecule has 2 aromatic rings. The number of aliphatic imine (C=N–C) groups is 1. The van der Waals surface area contributed by atoms with Gasteiger partial charge >= 0.3 is 0 Å². The van der Waals surface area contributed by atoms with Crippen molar-refractivity contribution in [1.82, 2.24) is 0 Å². The molecule has 0 atom stereocenters. The van der Waals surface area contributed by atoms with Crippen molar-refractivity contribution in [3.05, 3.63) is 68.2 Å². The Bertz CT molecular complexity index is 776. The molecule has 6 nitrogen and oxygen atoms in total. The van der Waals surface area contributed by atoms with E-state index in [1.165, 1.54) is 22.7 Å². The Hall–Kier alpha value is -2.44. The first-order valence-corrected chi connectivity index (χ1v) is 7.77. The van der Waals surface area contributed by atoms with Crippen molar-refractivity contribution >= 4 is 23.5 Å². The second-order valence-corrected chi connectivity index (χ2v) is 6.16. The maximum Gasteiger partial charge on any atom is 0.263 e. The monoisotopic (exact) mass is 347 g/mol. The molecule has 0 aromatic heterocycles. The van der Waals surface area contributed by atoms with Crippen molar-refractivity contribution in [1.29, 1.82) is 0 Å². The molecule has 0 aliphatic carbocycles. The van der Waals surface area contributed by atoms with Crippen molar-refractivity contribution in [3.8, 4) is 5.75 Å². The molecule has 0 heterocycles. The molecule has 2 rings (SSSR count). The third kappa shape index (κ3) is 4.53. The number of hydrogen-bond acceptors (Lipinski definition) is 4. The molecule has 0 bridgehead atoms. The molecule has 0 radical (unpaired) electrons. The van der Waals surface area contributed by atoms with E-state index in [0.29, 0.717) is 6.54 Å². The topological polar surface area (TPSA) is 83.0 Å². The third-order valence-corrected chi connectivity index (χ3v) is 3.63. The molecule has 0 spiro atoms. The predicted molar refractivity (Wildman–Crippen MR) is 91.8 cm³/mol. The summed E-state index contributed by atoms with van der Waals surface area (Å²) < 4.78 is 0. The van der Waals surface area contributed by atoms with Gasteiger partial charge in [0.2, 0.25) is 0 Å². The summed E-state index contributed by atoms with van der Waals surface area (Å²) in [7, 11) is 4.13. The standard InChI is InChI=1S/C17H18ClN3O3/c1-20(2)11-13-6-4-3-5-12(13)9-19-10-14-7-15(18)8-16(17(14)22)21(23)24/h3-8,10,22H,9,11H2,1-2H3. The van der Waals surface area contributed by atoms with Gasteiger partial charge in [-0.25, -0.2) is 0 Å². The first kappa shape index (κ1) is 17.9. The van der Waals surface area contributed by atoms with Crippen molar-refractivity contribution in [3.63, 3.8) is 0 Å². The summed E-state index contributed by atoms with van der Waals surface area (Å²) in [6.07, 6.45) is 1.35. The van der Waals surface area contributed by atoms with Crippen molar-refractivity contribution in [2.75, 3.05) is 14.1 Å². The largest absolute Gasteiger partial charge is 0.867 e. The van der Waals surface area contributed by atoms with Crippen LogP contribution < -0.4 is 10.0 Å². The summed E-state index contributed by atoms with van der Waals surface area (Å²) >= 11 is 5.84. The van der Waals surface area contributed by atoms with Crippen LogP contribution in [0.5, 0.6) is 5.75 Å². The Labute approximate surface area is 145 Å². The lowest BCUT2D eigenvalue weighted by atomic mass is 10.1. The average molecular weight is 348 g/mol. The zero-order valence-electron chi connectivity index (χ0n) is 13.5. The van der Waals surface area contributed by atoms with Crippen LogP contribution in [-0.2, 0) is 13.1 Å². The Balaban J connectivity index is 2.23. The fourth-order valence-electron chi connectivity index (χ4n) is 2.34. The van der Waals surface area contributed by atoms with E-state index >= 15 is 0 Å². The van der Waals surface area contributed by atoms with Crippen LogP contribution in [0.1, 0.15) is 16.7 Å². The fraction of sp³-hybridized carbons (Fsp3) is 0.235. The molecule has 0 fully saturated rings. The van der Waals surface area contributed by atoms with E-state index in [0.717, 1.165) is 18.2 Å². The van der Waals surface area contributed by atoms with E-state index in [4.69, 9.17) is 11.6 Å². The molecule has 2 aromatic carbocycles. The molecule has 0 amide bonds. The van der Waals surface area contributed by atoms with Crippen LogP contribution in [0.3, 0.4) is 0 Å². The number of nitro groups is 1. The highest BCUT2D eigenvalue weighted by Gasteiger charge is 2.11. The summed E-state index contributed by atoms with van der Waals surface area (Å²) in [5, 5.41) is 23.0. The zero-order chi connectivity index (χ0) is 17.7. The van der Waals surface area contributed by atoms with E-state index in [1.807, 2.05) is 24.3 Å².